The molecular formula is C15H22N4. The Balaban J connectivity index is 1.99. The van der Waals surface area contributed by atoms with Crippen LogP contribution in [0.1, 0.15) is 18.5 Å². The third-order valence-electron chi connectivity index (χ3n) is 3.20. The lowest BCUT2D eigenvalue weighted by atomic mass is 10.1. The summed E-state index contributed by atoms with van der Waals surface area (Å²) in [6.45, 7) is 4.06. The normalized spacial score (nSPS) is 11.2. The van der Waals surface area contributed by atoms with E-state index in [0.717, 1.165) is 36.4 Å². The van der Waals surface area contributed by atoms with Crippen LogP contribution < -0.4 is 5.32 Å². The lowest BCUT2D eigenvalue weighted by Crippen LogP contribution is -2.14. The maximum absolute atomic E-state index is 4.27. The van der Waals surface area contributed by atoms with Crippen molar-refractivity contribution in [1.82, 2.24) is 15.1 Å². The van der Waals surface area contributed by atoms with Crippen molar-refractivity contribution < 1.29 is 0 Å². The van der Waals surface area contributed by atoms with Crippen molar-refractivity contribution in [1.29, 1.82) is 0 Å². The Kier molecular flexibility index (Phi) is 4.68. The average molecular weight is 258 g/mol. The Bertz CT molecular complexity index is 537. The number of aryl methyl sites for hydroxylation is 1. The van der Waals surface area contributed by atoms with Gasteiger partial charge in [0.05, 0.1) is 5.69 Å². The molecule has 0 saturated carbocycles. The molecule has 0 radical (unpaired) electrons. The topological polar surface area (TPSA) is 41.1 Å². The van der Waals surface area contributed by atoms with Crippen molar-refractivity contribution in [2.45, 2.75) is 19.8 Å². The van der Waals surface area contributed by atoms with Crippen molar-refractivity contribution in [3.05, 3.63) is 30.0 Å². The van der Waals surface area contributed by atoms with Gasteiger partial charge in [-0.25, -0.2) is 0 Å². The van der Waals surface area contributed by atoms with Gasteiger partial charge < -0.3 is 10.2 Å². The summed E-state index contributed by atoms with van der Waals surface area (Å²) in [5.74, 6) is 0.894. The van der Waals surface area contributed by atoms with Gasteiger partial charge >= 0.3 is 0 Å². The van der Waals surface area contributed by atoms with Gasteiger partial charge in [-0.1, -0.05) is 24.3 Å². The third-order valence-corrected chi connectivity index (χ3v) is 3.20. The summed E-state index contributed by atoms with van der Waals surface area (Å²) in [6.07, 6.45) is 2.33. The number of nitrogens with one attached hydrogen (secondary N) is 1. The Hall–Kier alpha value is -1.68. The second-order valence-corrected chi connectivity index (χ2v) is 5.12. The quantitative estimate of drug-likeness (QED) is 0.809. The molecule has 0 fully saturated rings. The van der Waals surface area contributed by atoms with Crippen LogP contribution in [0.5, 0.6) is 0 Å². The number of rotatable bonds is 6. The van der Waals surface area contributed by atoms with Gasteiger partial charge in [-0.15, -0.1) is 5.10 Å². The highest BCUT2D eigenvalue weighted by molar-refractivity contribution is 5.92. The molecule has 4 heteroatoms. The number of fused-ring (bicyclic) bond motifs is 1. The van der Waals surface area contributed by atoms with E-state index in [0.29, 0.717) is 0 Å². The zero-order valence-electron chi connectivity index (χ0n) is 12.0. The highest BCUT2D eigenvalue weighted by Crippen LogP contribution is 2.22. The minimum Gasteiger partial charge on any atom is -0.368 e. The molecule has 0 amide bonds. The summed E-state index contributed by atoms with van der Waals surface area (Å²) in [7, 11) is 4.21. The monoisotopic (exact) mass is 258 g/mol. The second kappa shape index (κ2) is 6.48. The van der Waals surface area contributed by atoms with E-state index in [2.05, 4.69) is 46.6 Å². The zero-order valence-corrected chi connectivity index (χ0v) is 12.0. The molecule has 0 unspecified atom stereocenters. The van der Waals surface area contributed by atoms with Crippen molar-refractivity contribution in [3.8, 4) is 0 Å². The molecule has 0 aliphatic rings. The van der Waals surface area contributed by atoms with Crippen LogP contribution in [0.4, 0.5) is 5.82 Å². The Morgan fingerprint density at radius 2 is 1.79 bits per heavy atom. The third kappa shape index (κ3) is 3.64. The van der Waals surface area contributed by atoms with Crippen molar-refractivity contribution in [3.63, 3.8) is 0 Å². The van der Waals surface area contributed by atoms with Crippen LogP contribution in [0.25, 0.3) is 10.8 Å². The van der Waals surface area contributed by atoms with E-state index in [-0.39, 0.29) is 0 Å². The molecule has 0 atom stereocenters. The first kappa shape index (κ1) is 13.7. The van der Waals surface area contributed by atoms with E-state index < -0.39 is 0 Å². The second-order valence-electron chi connectivity index (χ2n) is 5.12. The van der Waals surface area contributed by atoms with E-state index in [4.69, 9.17) is 0 Å². The molecule has 2 rings (SSSR count). The number of hydrogen-bond donors (Lipinski definition) is 1. The molecule has 0 aliphatic carbocycles. The largest absolute Gasteiger partial charge is 0.368 e. The summed E-state index contributed by atoms with van der Waals surface area (Å²) in [5, 5.41) is 14.2. The predicted octanol–water partition coefficient (Wildman–Crippen LogP) is 2.69. The van der Waals surface area contributed by atoms with Crippen LogP contribution in [-0.2, 0) is 0 Å². The van der Waals surface area contributed by atoms with Crippen LogP contribution in [0.2, 0.25) is 0 Å². The number of aromatic nitrogens is 2. The number of anilines is 1. The molecule has 0 aliphatic heterocycles. The van der Waals surface area contributed by atoms with E-state index in [1.165, 1.54) is 11.8 Å². The zero-order chi connectivity index (χ0) is 13.7. The fraction of sp³-hybridized carbons (Fsp3) is 0.467. The molecule has 102 valence electrons. The molecule has 1 N–H and O–H groups in total. The summed E-state index contributed by atoms with van der Waals surface area (Å²) in [5.41, 5.74) is 0.980. The molecule has 19 heavy (non-hydrogen) atoms. The SMILES string of the molecule is Cc1nnc(NCCCCN(C)C)c2ccccc12. The maximum Gasteiger partial charge on any atom is 0.156 e. The van der Waals surface area contributed by atoms with Gasteiger partial charge in [-0.3, -0.25) is 0 Å². The minimum atomic E-state index is 0.894. The summed E-state index contributed by atoms with van der Waals surface area (Å²) in [4.78, 5) is 2.21. The molecule has 1 heterocycles. The Labute approximate surface area is 114 Å². The van der Waals surface area contributed by atoms with Crippen molar-refractivity contribution >= 4 is 16.6 Å². The number of hydrogen-bond acceptors (Lipinski definition) is 4. The minimum absolute atomic E-state index is 0.894. The first-order valence-corrected chi connectivity index (χ1v) is 6.79. The first-order chi connectivity index (χ1) is 9.18. The molecule has 2 aromatic rings. The van der Waals surface area contributed by atoms with Gasteiger partial charge in [-0.2, -0.15) is 5.10 Å². The van der Waals surface area contributed by atoms with Gasteiger partial charge in [0.1, 0.15) is 0 Å². The molecular weight excluding hydrogens is 236 g/mol. The molecule has 0 saturated heterocycles. The number of unbranched alkanes of at least 4 members (excludes halogenated alkanes) is 1. The van der Waals surface area contributed by atoms with Crippen molar-refractivity contribution in [2.24, 2.45) is 0 Å². The number of benzene rings is 1. The summed E-state index contributed by atoms with van der Waals surface area (Å²) >= 11 is 0. The fourth-order valence-corrected chi connectivity index (χ4v) is 2.13. The van der Waals surface area contributed by atoms with Gasteiger partial charge in [-0.05, 0) is 40.4 Å². The predicted molar refractivity (Wildman–Crippen MR) is 80.6 cm³/mol. The van der Waals surface area contributed by atoms with E-state index in [9.17, 15) is 0 Å². The molecule has 4 nitrogen and oxygen atoms in total. The lowest BCUT2D eigenvalue weighted by molar-refractivity contribution is 0.396. The Morgan fingerprint density at radius 1 is 1.05 bits per heavy atom. The van der Waals surface area contributed by atoms with Gasteiger partial charge in [0.25, 0.3) is 0 Å². The van der Waals surface area contributed by atoms with Crippen LogP contribution in [-0.4, -0.2) is 42.3 Å². The Morgan fingerprint density at radius 3 is 2.53 bits per heavy atom. The van der Waals surface area contributed by atoms with E-state index in [1.54, 1.807) is 0 Å². The van der Waals surface area contributed by atoms with Gasteiger partial charge in [0.2, 0.25) is 0 Å². The smallest absolute Gasteiger partial charge is 0.156 e. The van der Waals surface area contributed by atoms with Crippen molar-refractivity contribution in [2.75, 3.05) is 32.5 Å². The van der Waals surface area contributed by atoms with E-state index in [1.807, 2.05) is 19.1 Å². The molecule has 1 aromatic heterocycles. The molecule has 0 bridgehead atoms. The molecule has 0 spiro atoms. The number of nitrogens with zero attached hydrogens (tertiary/aromatic N) is 3. The maximum atomic E-state index is 4.27. The van der Waals surface area contributed by atoms with Crippen LogP contribution >= 0.6 is 0 Å². The fourth-order valence-electron chi connectivity index (χ4n) is 2.13. The first-order valence-electron chi connectivity index (χ1n) is 6.79. The average Bonchev–Trinajstić information content (AvgIpc) is 2.41. The highest BCUT2D eigenvalue weighted by atomic mass is 15.2. The standard InChI is InChI=1S/C15H22N4/c1-12-13-8-4-5-9-14(13)15(18-17-12)16-10-6-7-11-19(2)3/h4-5,8-9H,6-7,10-11H2,1-3H3,(H,16,18). The summed E-state index contributed by atoms with van der Waals surface area (Å²) in [6, 6.07) is 8.27. The molecule has 1 aromatic carbocycles. The van der Waals surface area contributed by atoms with Crippen LogP contribution in [0, 0.1) is 6.92 Å². The van der Waals surface area contributed by atoms with Gasteiger partial charge in [0.15, 0.2) is 5.82 Å². The van der Waals surface area contributed by atoms with Crippen LogP contribution in [0.15, 0.2) is 24.3 Å². The summed E-state index contributed by atoms with van der Waals surface area (Å²) < 4.78 is 0. The lowest BCUT2D eigenvalue weighted by Gasteiger charge is -2.11. The van der Waals surface area contributed by atoms with Gasteiger partial charge in [0, 0.05) is 17.3 Å². The van der Waals surface area contributed by atoms with Crippen LogP contribution in [0.3, 0.4) is 0 Å². The van der Waals surface area contributed by atoms with E-state index >= 15 is 0 Å². The highest BCUT2D eigenvalue weighted by Gasteiger charge is 2.05.